The molecule has 0 radical (unpaired) electrons. The van der Waals surface area contributed by atoms with E-state index in [-0.39, 0.29) is 0 Å². The molecule has 0 aromatic heterocycles. The van der Waals surface area contributed by atoms with Crippen LogP contribution in [0.4, 0.5) is 0 Å². The van der Waals surface area contributed by atoms with E-state index in [0.29, 0.717) is 5.41 Å². The molecule has 100 valence electrons. The van der Waals surface area contributed by atoms with Gasteiger partial charge in [0.1, 0.15) is 0 Å². The summed E-state index contributed by atoms with van der Waals surface area (Å²) in [6.45, 7) is 6.50. The summed E-state index contributed by atoms with van der Waals surface area (Å²) in [5.41, 5.74) is 3.95. The number of hydrogen-bond donors (Lipinski definition) is 0. The summed E-state index contributed by atoms with van der Waals surface area (Å²) in [4.78, 5) is 0. The number of hydrogen-bond acceptors (Lipinski definition) is 0. The lowest BCUT2D eigenvalue weighted by atomic mass is 9.72. The topological polar surface area (TPSA) is 0 Å². The van der Waals surface area contributed by atoms with Gasteiger partial charge in [-0.15, -0.1) is 0 Å². The predicted molar refractivity (Wildman–Crippen MR) is 79.9 cm³/mol. The molecule has 1 aromatic rings. The minimum absolute atomic E-state index is 0.682. The van der Waals surface area contributed by atoms with Crippen molar-refractivity contribution in [2.75, 3.05) is 0 Å². The molecule has 1 spiro atoms. The van der Waals surface area contributed by atoms with Crippen LogP contribution in [0.1, 0.15) is 64.0 Å². The molecular formula is C18H28. The molecule has 0 heteroatoms. The highest BCUT2D eigenvalue weighted by Gasteiger charge is 2.37. The number of fused-ring (bicyclic) bond motifs is 1. The molecule has 1 saturated carbocycles. The Hall–Kier alpha value is -0.780. The smallest absolute Gasteiger partial charge is 0.0216 e. The average Bonchev–Trinajstić information content (AvgIpc) is 2.66. The second-order valence-electron chi connectivity index (χ2n) is 6.91. The van der Waals surface area contributed by atoms with E-state index in [2.05, 4.69) is 45.0 Å². The Morgan fingerprint density at radius 1 is 0.833 bits per heavy atom. The summed E-state index contributed by atoms with van der Waals surface area (Å²) in [6.07, 6.45) is 10.1. The van der Waals surface area contributed by atoms with Gasteiger partial charge in [-0.2, -0.15) is 0 Å². The summed E-state index contributed by atoms with van der Waals surface area (Å²) in [5, 5.41) is 0. The van der Waals surface area contributed by atoms with Gasteiger partial charge in [0.2, 0.25) is 0 Å². The molecule has 1 aromatic carbocycles. The number of benzene rings is 1. The second-order valence-corrected chi connectivity index (χ2v) is 6.91. The van der Waals surface area contributed by atoms with E-state index in [4.69, 9.17) is 0 Å². The van der Waals surface area contributed by atoms with Gasteiger partial charge in [0.05, 0.1) is 0 Å². The molecule has 0 aliphatic heterocycles. The lowest BCUT2D eigenvalue weighted by molar-refractivity contribution is 0.203. The Balaban J connectivity index is 0.000000267. The summed E-state index contributed by atoms with van der Waals surface area (Å²) in [5.74, 6) is 0.833. The average molecular weight is 244 g/mol. The van der Waals surface area contributed by atoms with Crippen molar-refractivity contribution in [2.45, 2.75) is 65.7 Å². The van der Waals surface area contributed by atoms with Gasteiger partial charge in [0.15, 0.2) is 0 Å². The molecule has 0 bridgehead atoms. The first-order valence-electron chi connectivity index (χ1n) is 7.68. The van der Waals surface area contributed by atoms with Crippen molar-refractivity contribution in [2.24, 2.45) is 11.3 Å². The fourth-order valence-corrected chi connectivity index (χ4v) is 3.43. The summed E-state index contributed by atoms with van der Waals surface area (Å²) in [6, 6.07) is 9.05. The minimum atomic E-state index is 0.682. The second kappa shape index (κ2) is 5.91. The van der Waals surface area contributed by atoms with Crippen LogP contribution in [0.15, 0.2) is 24.3 Å². The van der Waals surface area contributed by atoms with E-state index in [1.54, 1.807) is 11.1 Å². The highest BCUT2D eigenvalue weighted by Crippen LogP contribution is 2.46. The van der Waals surface area contributed by atoms with Crippen molar-refractivity contribution in [3.63, 3.8) is 0 Å². The zero-order valence-electron chi connectivity index (χ0n) is 12.3. The molecule has 0 heterocycles. The zero-order chi connectivity index (χ0) is 13.0. The van der Waals surface area contributed by atoms with Gasteiger partial charge in [0, 0.05) is 0 Å². The first kappa shape index (κ1) is 13.6. The number of rotatable bonds is 0. The Kier molecular flexibility index (Phi) is 4.48. The highest BCUT2D eigenvalue weighted by molar-refractivity contribution is 5.34. The standard InChI is InChI=1S/C14H18.C4H10/c1-4-8-14(9-5-1)10-12-6-2-3-7-13(12)11-14;1-4(2)3/h2-3,6-7H,1,4-5,8-11H2;4H,1-3H3. The largest absolute Gasteiger partial charge is 0.0630 e. The molecule has 18 heavy (non-hydrogen) atoms. The molecule has 0 nitrogen and oxygen atoms in total. The first-order valence-corrected chi connectivity index (χ1v) is 7.68. The molecule has 0 atom stereocenters. The third kappa shape index (κ3) is 3.37. The molecule has 3 rings (SSSR count). The third-order valence-corrected chi connectivity index (χ3v) is 4.16. The lowest BCUT2D eigenvalue weighted by Gasteiger charge is -2.33. The van der Waals surface area contributed by atoms with Crippen LogP contribution < -0.4 is 0 Å². The predicted octanol–water partition coefficient (Wildman–Crippen LogP) is 5.40. The molecule has 0 N–H and O–H groups in total. The Labute approximate surface area is 113 Å². The van der Waals surface area contributed by atoms with E-state index >= 15 is 0 Å². The van der Waals surface area contributed by atoms with E-state index in [1.807, 2.05) is 0 Å². The highest BCUT2D eigenvalue weighted by atomic mass is 14.4. The van der Waals surface area contributed by atoms with Crippen LogP contribution in [-0.4, -0.2) is 0 Å². The maximum absolute atomic E-state index is 2.33. The van der Waals surface area contributed by atoms with Crippen LogP contribution in [0.5, 0.6) is 0 Å². The van der Waals surface area contributed by atoms with Gasteiger partial charge in [0.25, 0.3) is 0 Å². The van der Waals surface area contributed by atoms with Crippen molar-refractivity contribution in [1.29, 1.82) is 0 Å². The van der Waals surface area contributed by atoms with Crippen molar-refractivity contribution < 1.29 is 0 Å². The molecule has 0 saturated heterocycles. The van der Waals surface area contributed by atoms with Crippen LogP contribution in [0.3, 0.4) is 0 Å². The monoisotopic (exact) mass is 244 g/mol. The van der Waals surface area contributed by atoms with E-state index in [1.165, 1.54) is 44.9 Å². The van der Waals surface area contributed by atoms with Crippen LogP contribution in [-0.2, 0) is 12.8 Å². The molecule has 2 aliphatic carbocycles. The van der Waals surface area contributed by atoms with Crippen molar-refractivity contribution in [1.82, 2.24) is 0 Å². The maximum Gasteiger partial charge on any atom is -0.0216 e. The van der Waals surface area contributed by atoms with Crippen LogP contribution >= 0.6 is 0 Å². The van der Waals surface area contributed by atoms with Gasteiger partial charge >= 0.3 is 0 Å². The quantitative estimate of drug-likeness (QED) is 0.573. The Bertz CT molecular complexity index is 340. The molecular weight excluding hydrogens is 216 g/mol. The third-order valence-electron chi connectivity index (χ3n) is 4.16. The molecule has 1 fully saturated rings. The van der Waals surface area contributed by atoms with Crippen molar-refractivity contribution in [3.05, 3.63) is 35.4 Å². The van der Waals surface area contributed by atoms with Gasteiger partial charge < -0.3 is 0 Å². The van der Waals surface area contributed by atoms with E-state index in [0.717, 1.165) is 5.92 Å². The summed E-state index contributed by atoms with van der Waals surface area (Å²) >= 11 is 0. The Morgan fingerprint density at radius 2 is 1.28 bits per heavy atom. The Morgan fingerprint density at radius 3 is 1.72 bits per heavy atom. The maximum atomic E-state index is 2.33. The zero-order valence-corrected chi connectivity index (χ0v) is 12.3. The van der Waals surface area contributed by atoms with Crippen LogP contribution in [0.2, 0.25) is 0 Å². The lowest BCUT2D eigenvalue weighted by Crippen LogP contribution is -2.24. The van der Waals surface area contributed by atoms with Gasteiger partial charge in [-0.1, -0.05) is 64.3 Å². The SMILES string of the molecule is CC(C)C.c1ccc2c(c1)CC1(CCCCC1)C2. The summed E-state index contributed by atoms with van der Waals surface area (Å²) in [7, 11) is 0. The normalized spacial score (nSPS) is 20.4. The van der Waals surface area contributed by atoms with E-state index < -0.39 is 0 Å². The van der Waals surface area contributed by atoms with E-state index in [9.17, 15) is 0 Å². The fraction of sp³-hybridized carbons (Fsp3) is 0.667. The molecule has 2 aliphatic rings. The van der Waals surface area contributed by atoms with Crippen LogP contribution in [0, 0.1) is 11.3 Å². The summed E-state index contributed by atoms with van der Waals surface area (Å²) < 4.78 is 0. The fourth-order valence-electron chi connectivity index (χ4n) is 3.43. The van der Waals surface area contributed by atoms with Gasteiger partial charge in [-0.05, 0) is 48.1 Å². The van der Waals surface area contributed by atoms with Crippen molar-refractivity contribution >= 4 is 0 Å². The van der Waals surface area contributed by atoms with Crippen molar-refractivity contribution in [3.8, 4) is 0 Å². The van der Waals surface area contributed by atoms with Gasteiger partial charge in [-0.25, -0.2) is 0 Å². The van der Waals surface area contributed by atoms with Gasteiger partial charge in [-0.3, -0.25) is 0 Å². The first-order chi connectivity index (χ1) is 8.61. The minimum Gasteiger partial charge on any atom is -0.0630 e. The van der Waals surface area contributed by atoms with Crippen LogP contribution in [0.25, 0.3) is 0 Å². The molecule has 0 unspecified atom stereocenters. The molecule has 0 amide bonds.